The first-order valence-corrected chi connectivity index (χ1v) is 7.05. The number of benzene rings is 1. The molecular formula is C16H24O. The Morgan fingerprint density at radius 2 is 1.71 bits per heavy atom. The molecule has 0 aliphatic heterocycles. The van der Waals surface area contributed by atoms with Crippen LogP contribution in [0, 0.1) is 5.92 Å². The van der Waals surface area contributed by atoms with Crippen molar-refractivity contribution in [3.63, 3.8) is 0 Å². The number of hydrogen-bond donors (Lipinski definition) is 1. The summed E-state index contributed by atoms with van der Waals surface area (Å²) in [4.78, 5) is 0. The van der Waals surface area contributed by atoms with Crippen molar-refractivity contribution in [1.82, 2.24) is 0 Å². The maximum absolute atomic E-state index is 10.1. The lowest BCUT2D eigenvalue weighted by Gasteiger charge is -2.17. The molecule has 1 nitrogen and oxygen atoms in total. The van der Waals surface area contributed by atoms with Crippen molar-refractivity contribution < 1.29 is 5.11 Å². The van der Waals surface area contributed by atoms with Crippen molar-refractivity contribution >= 4 is 0 Å². The van der Waals surface area contributed by atoms with E-state index in [1.165, 1.54) is 36.8 Å². The Bertz CT molecular complexity index is 322. The molecule has 1 aliphatic rings. The molecule has 1 fully saturated rings. The van der Waals surface area contributed by atoms with E-state index in [0.717, 1.165) is 19.3 Å². The van der Waals surface area contributed by atoms with Crippen LogP contribution in [0.3, 0.4) is 0 Å². The lowest BCUT2D eigenvalue weighted by molar-refractivity contribution is 0.102. The van der Waals surface area contributed by atoms with Crippen LogP contribution in [-0.2, 0) is 12.8 Å². The van der Waals surface area contributed by atoms with E-state index < -0.39 is 0 Å². The Kier molecular flexibility index (Phi) is 4.61. The molecular weight excluding hydrogens is 208 g/mol. The second-order valence-electron chi connectivity index (χ2n) is 5.32. The highest BCUT2D eigenvalue weighted by atomic mass is 16.3. The predicted molar refractivity (Wildman–Crippen MR) is 72.1 cm³/mol. The van der Waals surface area contributed by atoms with Crippen LogP contribution in [0.1, 0.15) is 50.2 Å². The molecule has 1 aromatic rings. The van der Waals surface area contributed by atoms with Gasteiger partial charge in [-0.25, -0.2) is 0 Å². The zero-order chi connectivity index (χ0) is 12.1. The van der Waals surface area contributed by atoms with Crippen LogP contribution in [-0.4, -0.2) is 11.2 Å². The summed E-state index contributed by atoms with van der Waals surface area (Å²) < 4.78 is 0. The van der Waals surface area contributed by atoms with E-state index in [4.69, 9.17) is 0 Å². The van der Waals surface area contributed by atoms with E-state index in [2.05, 4.69) is 31.2 Å². The van der Waals surface area contributed by atoms with Gasteiger partial charge in [-0.1, -0.05) is 44.0 Å². The van der Waals surface area contributed by atoms with Gasteiger partial charge in [-0.3, -0.25) is 0 Å². The van der Waals surface area contributed by atoms with Gasteiger partial charge in [0.05, 0.1) is 6.10 Å². The van der Waals surface area contributed by atoms with E-state index in [0.29, 0.717) is 5.92 Å². The minimum atomic E-state index is -0.0802. The summed E-state index contributed by atoms with van der Waals surface area (Å²) in [5.74, 6) is 0.574. The molecule has 0 heterocycles. The molecule has 1 atom stereocenters. The largest absolute Gasteiger partial charge is 0.393 e. The van der Waals surface area contributed by atoms with E-state index in [-0.39, 0.29) is 6.10 Å². The van der Waals surface area contributed by atoms with E-state index in [1.807, 2.05) is 0 Å². The third-order valence-electron chi connectivity index (χ3n) is 4.10. The predicted octanol–water partition coefficient (Wildman–Crippen LogP) is 3.73. The summed E-state index contributed by atoms with van der Waals surface area (Å²) in [6.45, 7) is 2.18. The number of aliphatic hydroxyl groups is 1. The molecule has 0 amide bonds. The summed E-state index contributed by atoms with van der Waals surface area (Å²) in [5.41, 5.74) is 2.75. The van der Waals surface area contributed by atoms with Gasteiger partial charge in [-0.05, 0) is 49.1 Å². The maximum atomic E-state index is 10.1. The first kappa shape index (κ1) is 12.6. The highest BCUT2D eigenvalue weighted by Crippen LogP contribution is 2.29. The number of rotatable bonds is 5. The van der Waals surface area contributed by atoms with E-state index in [1.54, 1.807) is 0 Å². The van der Waals surface area contributed by atoms with Gasteiger partial charge in [-0.2, -0.15) is 0 Å². The zero-order valence-corrected chi connectivity index (χ0v) is 10.9. The molecule has 1 saturated carbocycles. The quantitative estimate of drug-likeness (QED) is 0.820. The molecule has 0 aromatic heterocycles. The van der Waals surface area contributed by atoms with E-state index >= 15 is 0 Å². The van der Waals surface area contributed by atoms with Crippen LogP contribution in [0.15, 0.2) is 24.3 Å². The van der Waals surface area contributed by atoms with Gasteiger partial charge in [0.15, 0.2) is 0 Å². The van der Waals surface area contributed by atoms with Crippen LogP contribution >= 0.6 is 0 Å². The summed E-state index contributed by atoms with van der Waals surface area (Å²) in [6, 6.07) is 8.83. The Labute approximate surface area is 105 Å². The fraction of sp³-hybridized carbons (Fsp3) is 0.625. The van der Waals surface area contributed by atoms with Crippen molar-refractivity contribution in [1.29, 1.82) is 0 Å². The third-order valence-corrected chi connectivity index (χ3v) is 4.10. The molecule has 1 aliphatic carbocycles. The van der Waals surface area contributed by atoms with Gasteiger partial charge >= 0.3 is 0 Å². The first-order valence-electron chi connectivity index (χ1n) is 7.05. The van der Waals surface area contributed by atoms with Crippen LogP contribution in [0.4, 0.5) is 0 Å². The monoisotopic (exact) mass is 232 g/mol. The van der Waals surface area contributed by atoms with Crippen molar-refractivity contribution in [3.8, 4) is 0 Å². The minimum absolute atomic E-state index is 0.0802. The van der Waals surface area contributed by atoms with Crippen molar-refractivity contribution in [2.45, 2.75) is 58.0 Å². The second kappa shape index (κ2) is 6.20. The fourth-order valence-electron chi connectivity index (χ4n) is 2.83. The molecule has 2 rings (SSSR count). The fourth-order valence-corrected chi connectivity index (χ4v) is 2.83. The zero-order valence-electron chi connectivity index (χ0n) is 10.9. The van der Waals surface area contributed by atoms with Crippen molar-refractivity contribution in [2.75, 3.05) is 0 Å². The smallest absolute Gasteiger partial charge is 0.0571 e. The molecule has 94 valence electrons. The topological polar surface area (TPSA) is 20.2 Å². The molecule has 0 spiro atoms. The van der Waals surface area contributed by atoms with Crippen LogP contribution < -0.4 is 0 Å². The normalized spacial score (nSPS) is 18.5. The third kappa shape index (κ3) is 3.57. The van der Waals surface area contributed by atoms with Crippen molar-refractivity contribution in [2.24, 2.45) is 5.92 Å². The first-order chi connectivity index (χ1) is 8.29. The van der Waals surface area contributed by atoms with E-state index in [9.17, 15) is 5.11 Å². The minimum Gasteiger partial charge on any atom is -0.393 e. The lowest BCUT2D eigenvalue weighted by Crippen LogP contribution is -2.18. The van der Waals surface area contributed by atoms with Gasteiger partial charge in [0.1, 0.15) is 0 Å². The molecule has 0 bridgehead atoms. The Balaban J connectivity index is 1.80. The van der Waals surface area contributed by atoms with Gasteiger partial charge in [0.25, 0.3) is 0 Å². The van der Waals surface area contributed by atoms with Crippen LogP contribution in [0.25, 0.3) is 0 Å². The van der Waals surface area contributed by atoms with Gasteiger partial charge in [-0.15, -0.1) is 0 Å². The molecule has 1 aromatic carbocycles. The van der Waals surface area contributed by atoms with Crippen LogP contribution in [0.2, 0.25) is 0 Å². The average Bonchev–Trinajstić information content (AvgIpc) is 2.90. The standard InChI is InChI=1S/C16H24O/c1-2-13-7-9-14(10-8-13)11-12-16(17)15-5-3-4-6-15/h7-10,15-17H,2-6,11-12H2,1H3. The summed E-state index contributed by atoms with van der Waals surface area (Å²) in [5, 5.41) is 10.1. The highest BCUT2D eigenvalue weighted by molar-refractivity contribution is 5.22. The molecule has 1 heteroatoms. The summed E-state index contributed by atoms with van der Waals surface area (Å²) in [7, 11) is 0. The molecule has 0 radical (unpaired) electrons. The second-order valence-corrected chi connectivity index (χ2v) is 5.32. The number of aliphatic hydroxyl groups excluding tert-OH is 1. The molecule has 17 heavy (non-hydrogen) atoms. The van der Waals surface area contributed by atoms with Crippen LogP contribution in [0.5, 0.6) is 0 Å². The van der Waals surface area contributed by atoms with Gasteiger partial charge in [0, 0.05) is 0 Å². The van der Waals surface area contributed by atoms with Crippen molar-refractivity contribution in [3.05, 3.63) is 35.4 Å². The average molecular weight is 232 g/mol. The summed E-state index contributed by atoms with van der Waals surface area (Å²) >= 11 is 0. The Hall–Kier alpha value is -0.820. The Morgan fingerprint density at radius 3 is 2.29 bits per heavy atom. The number of aryl methyl sites for hydroxylation is 2. The maximum Gasteiger partial charge on any atom is 0.0571 e. The molecule has 0 saturated heterocycles. The summed E-state index contributed by atoms with van der Waals surface area (Å²) in [6.07, 6.45) is 8.05. The number of hydrogen-bond acceptors (Lipinski definition) is 1. The highest BCUT2D eigenvalue weighted by Gasteiger charge is 2.22. The van der Waals surface area contributed by atoms with Gasteiger partial charge < -0.3 is 5.11 Å². The van der Waals surface area contributed by atoms with Gasteiger partial charge in [0.2, 0.25) is 0 Å². The molecule has 1 N–H and O–H groups in total. The molecule has 1 unspecified atom stereocenters. The Morgan fingerprint density at radius 1 is 1.12 bits per heavy atom. The SMILES string of the molecule is CCc1ccc(CCC(O)C2CCCC2)cc1. The lowest BCUT2D eigenvalue weighted by atomic mass is 9.95.